The minimum atomic E-state index is -4.73. The van der Waals surface area contributed by atoms with E-state index in [0.29, 0.717) is 17.5 Å². The van der Waals surface area contributed by atoms with Crippen molar-refractivity contribution in [1.29, 1.82) is 0 Å². The molecule has 0 aliphatic heterocycles. The normalized spacial score (nSPS) is 20.3. The smallest absolute Gasteiger partial charge is 0.388 e. The number of nitrogens with one attached hydrogen (secondary N) is 1. The molecule has 0 fully saturated rings. The van der Waals surface area contributed by atoms with Crippen molar-refractivity contribution in [1.82, 2.24) is 4.98 Å². The predicted octanol–water partition coefficient (Wildman–Crippen LogP) is 6.50. The van der Waals surface area contributed by atoms with Gasteiger partial charge in [-0.2, -0.15) is 0 Å². The van der Waals surface area contributed by atoms with Gasteiger partial charge in [0.1, 0.15) is 0 Å². The molecule has 1 aromatic rings. The monoisotopic (exact) mass is 382 g/mol. The van der Waals surface area contributed by atoms with Crippen molar-refractivity contribution in [2.45, 2.75) is 65.3 Å². The van der Waals surface area contributed by atoms with Crippen LogP contribution in [0.2, 0.25) is 0 Å². The number of ether oxygens (including phenoxy) is 1. The molecule has 0 radical (unpaired) electrons. The maximum atomic E-state index is 12.3. The van der Waals surface area contributed by atoms with Crippen LogP contribution >= 0.6 is 0 Å². The molecule has 1 N–H and O–H groups in total. The number of nitrogens with zero attached hydrogens (tertiary/aromatic N) is 1. The van der Waals surface area contributed by atoms with Crippen molar-refractivity contribution < 1.29 is 17.9 Å². The topological polar surface area (TPSA) is 34.1 Å². The fourth-order valence-electron chi connectivity index (χ4n) is 3.64. The van der Waals surface area contributed by atoms with Gasteiger partial charge >= 0.3 is 6.36 Å². The van der Waals surface area contributed by atoms with Gasteiger partial charge < -0.3 is 10.1 Å². The standard InChI is InChI=1S/C21H29F3N2O/c1-4-7-16(8-5-2)18-10-6-9-15(3)13-19(18)26-17-11-12-20(25-14-17)27-21(22,23)24/h6,9-12,14-16,19,26H,4-5,7-8,13H2,1-3H3. The van der Waals surface area contributed by atoms with Gasteiger partial charge in [-0.05, 0) is 42.7 Å². The maximum absolute atomic E-state index is 12.3. The van der Waals surface area contributed by atoms with Crippen molar-refractivity contribution in [2.75, 3.05) is 5.32 Å². The second-order valence-electron chi connectivity index (χ2n) is 7.17. The van der Waals surface area contributed by atoms with Crippen LogP contribution in [0, 0.1) is 11.8 Å². The number of alkyl halides is 3. The Morgan fingerprint density at radius 3 is 2.48 bits per heavy atom. The third kappa shape index (κ3) is 6.92. The first-order valence-electron chi connectivity index (χ1n) is 9.69. The Balaban J connectivity index is 2.16. The van der Waals surface area contributed by atoms with Gasteiger partial charge in [0, 0.05) is 12.1 Å². The number of hydrogen-bond acceptors (Lipinski definition) is 3. The molecular weight excluding hydrogens is 353 g/mol. The van der Waals surface area contributed by atoms with E-state index in [1.165, 1.54) is 17.8 Å². The molecule has 0 aromatic carbocycles. The van der Waals surface area contributed by atoms with Crippen LogP contribution in [0.15, 0.2) is 42.1 Å². The van der Waals surface area contributed by atoms with E-state index in [0.717, 1.165) is 32.1 Å². The molecule has 27 heavy (non-hydrogen) atoms. The first kappa shape index (κ1) is 21.3. The van der Waals surface area contributed by atoms with Gasteiger partial charge in [-0.1, -0.05) is 51.8 Å². The minimum absolute atomic E-state index is 0.134. The largest absolute Gasteiger partial charge is 0.574 e. The number of allylic oxidation sites excluding steroid dienone is 3. The predicted molar refractivity (Wildman–Crippen MR) is 103 cm³/mol. The molecule has 2 atom stereocenters. The fourth-order valence-corrected chi connectivity index (χ4v) is 3.64. The van der Waals surface area contributed by atoms with E-state index in [4.69, 9.17) is 0 Å². The van der Waals surface area contributed by atoms with Crippen molar-refractivity contribution in [3.05, 3.63) is 42.1 Å². The van der Waals surface area contributed by atoms with Crippen molar-refractivity contribution in [2.24, 2.45) is 11.8 Å². The summed E-state index contributed by atoms with van der Waals surface area (Å²) in [4.78, 5) is 3.77. The maximum Gasteiger partial charge on any atom is 0.574 e. The molecule has 1 aliphatic carbocycles. The van der Waals surface area contributed by atoms with Crippen LogP contribution in [-0.2, 0) is 0 Å². The molecule has 0 spiro atoms. The molecule has 150 valence electrons. The van der Waals surface area contributed by atoms with E-state index in [2.05, 4.69) is 54.0 Å². The lowest BCUT2D eigenvalue weighted by Crippen LogP contribution is -2.28. The molecule has 1 heterocycles. The SMILES string of the molecule is CCCC(CCC)C1=CC=CC(C)CC1Nc1ccc(OC(F)(F)F)nc1. The van der Waals surface area contributed by atoms with Crippen LogP contribution in [0.1, 0.15) is 52.9 Å². The Labute approximate surface area is 159 Å². The molecule has 6 heteroatoms. The van der Waals surface area contributed by atoms with Gasteiger partial charge in [0.25, 0.3) is 0 Å². The quantitative estimate of drug-likeness (QED) is 0.557. The summed E-state index contributed by atoms with van der Waals surface area (Å²) in [6.07, 6.45) is 8.68. The summed E-state index contributed by atoms with van der Waals surface area (Å²) in [5, 5.41) is 3.48. The van der Waals surface area contributed by atoms with Crippen LogP contribution in [0.25, 0.3) is 0 Å². The van der Waals surface area contributed by atoms with E-state index >= 15 is 0 Å². The van der Waals surface area contributed by atoms with Gasteiger partial charge in [-0.3, -0.25) is 0 Å². The molecule has 0 bridgehead atoms. The van der Waals surface area contributed by atoms with E-state index in [-0.39, 0.29) is 6.04 Å². The molecule has 0 amide bonds. The molecule has 0 saturated heterocycles. The summed E-state index contributed by atoms with van der Waals surface area (Å²) in [6, 6.07) is 2.96. The lowest BCUT2D eigenvalue weighted by atomic mass is 9.83. The molecular formula is C21H29F3N2O. The highest BCUT2D eigenvalue weighted by Crippen LogP contribution is 2.32. The zero-order valence-electron chi connectivity index (χ0n) is 16.2. The average Bonchev–Trinajstić information content (AvgIpc) is 2.76. The Kier molecular flexibility index (Phi) is 7.75. The van der Waals surface area contributed by atoms with Gasteiger partial charge in [0.05, 0.1) is 11.9 Å². The second-order valence-corrected chi connectivity index (χ2v) is 7.17. The molecule has 0 saturated carbocycles. The van der Waals surface area contributed by atoms with Crippen molar-refractivity contribution in [3.63, 3.8) is 0 Å². The van der Waals surface area contributed by atoms with E-state index < -0.39 is 12.2 Å². The lowest BCUT2D eigenvalue weighted by molar-refractivity contribution is -0.276. The number of rotatable bonds is 8. The first-order chi connectivity index (χ1) is 12.8. The third-order valence-corrected chi connectivity index (χ3v) is 4.78. The summed E-state index contributed by atoms with van der Waals surface area (Å²) in [6.45, 7) is 6.57. The highest BCUT2D eigenvalue weighted by atomic mass is 19.4. The van der Waals surface area contributed by atoms with E-state index in [9.17, 15) is 13.2 Å². The number of aromatic nitrogens is 1. The third-order valence-electron chi connectivity index (χ3n) is 4.78. The van der Waals surface area contributed by atoms with E-state index in [1.807, 2.05) is 0 Å². The number of hydrogen-bond donors (Lipinski definition) is 1. The average molecular weight is 382 g/mol. The Bertz CT molecular complexity index is 632. The Morgan fingerprint density at radius 2 is 1.93 bits per heavy atom. The lowest BCUT2D eigenvalue weighted by Gasteiger charge is -2.29. The summed E-state index contributed by atoms with van der Waals surface area (Å²) in [5.74, 6) is 0.476. The van der Waals surface area contributed by atoms with Crippen LogP contribution < -0.4 is 10.1 Å². The van der Waals surface area contributed by atoms with Crippen LogP contribution in [0.4, 0.5) is 18.9 Å². The van der Waals surface area contributed by atoms with E-state index in [1.54, 1.807) is 6.07 Å². The zero-order chi connectivity index (χ0) is 19.9. The van der Waals surface area contributed by atoms with Gasteiger partial charge in [0.2, 0.25) is 5.88 Å². The zero-order valence-corrected chi connectivity index (χ0v) is 16.2. The molecule has 3 nitrogen and oxygen atoms in total. The number of anilines is 1. The fraction of sp³-hybridized carbons (Fsp3) is 0.571. The second kappa shape index (κ2) is 9.81. The first-order valence-corrected chi connectivity index (χ1v) is 9.69. The summed E-state index contributed by atoms with van der Waals surface area (Å²) >= 11 is 0. The van der Waals surface area contributed by atoms with Crippen molar-refractivity contribution >= 4 is 5.69 Å². The molecule has 2 unspecified atom stereocenters. The van der Waals surface area contributed by atoms with Crippen molar-refractivity contribution in [3.8, 4) is 5.88 Å². The highest BCUT2D eigenvalue weighted by molar-refractivity contribution is 5.46. The van der Waals surface area contributed by atoms with Gasteiger partial charge in [0.15, 0.2) is 0 Å². The van der Waals surface area contributed by atoms with Crippen LogP contribution in [0.5, 0.6) is 5.88 Å². The summed E-state index contributed by atoms with van der Waals surface area (Å²) in [7, 11) is 0. The number of halogens is 3. The van der Waals surface area contributed by atoms with Crippen LogP contribution in [0.3, 0.4) is 0 Å². The number of pyridine rings is 1. The molecule has 1 aliphatic rings. The summed E-state index contributed by atoms with van der Waals surface area (Å²) in [5.41, 5.74) is 2.07. The van der Waals surface area contributed by atoms with Gasteiger partial charge in [-0.25, -0.2) is 4.98 Å². The minimum Gasteiger partial charge on any atom is -0.388 e. The molecule has 2 rings (SSSR count). The molecule has 1 aromatic heterocycles. The van der Waals surface area contributed by atoms with Crippen LogP contribution in [-0.4, -0.2) is 17.4 Å². The Morgan fingerprint density at radius 1 is 1.22 bits per heavy atom. The Hall–Kier alpha value is -1.98. The highest BCUT2D eigenvalue weighted by Gasteiger charge is 2.31. The van der Waals surface area contributed by atoms with Gasteiger partial charge in [-0.15, -0.1) is 13.2 Å². The summed E-state index contributed by atoms with van der Waals surface area (Å²) < 4.78 is 40.7.